The van der Waals surface area contributed by atoms with Crippen molar-refractivity contribution in [2.75, 3.05) is 10.6 Å². The van der Waals surface area contributed by atoms with Gasteiger partial charge in [-0.1, -0.05) is 24.3 Å². The van der Waals surface area contributed by atoms with E-state index in [1.807, 2.05) is 37.4 Å². The number of rotatable bonds is 6. The van der Waals surface area contributed by atoms with Crippen molar-refractivity contribution in [3.63, 3.8) is 0 Å². The lowest BCUT2D eigenvalue weighted by atomic mass is 10.1. The normalized spacial score (nSPS) is 11.4. The fourth-order valence-electron chi connectivity index (χ4n) is 2.71. The van der Waals surface area contributed by atoms with Crippen LogP contribution in [0.5, 0.6) is 0 Å². The predicted molar refractivity (Wildman–Crippen MR) is 118 cm³/mol. The minimum Gasteiger partial charge on any atom is -0.449 e. The number of ether oxygens (including phenoxy) is 1. The quantitative estimate of drug-likeness (QED) is 0.559. The summed E-state index contributed by atoms with van der Waals surface area (Å²) in [6.07, 6.45) is -0.984. The van der Waals surface area contributed by atoms with E-state index in [2.05, 4.69) is 10.6 Å². The Kier molecular flexibility index (Phi) is 6.64. The zero-order chi connectivity index (χ0) is 21.7. The molecule has 0 radical (unpaired) electrons. The third-order valence-electron chi connectivity index (χ3n) is 4.41. The monoisotopic (exact) mass is 422 g/mol. The van der Waals surface area contributed by atoms with E-state index in [4.69, 9.17) is 4.74 Å². The Balaban J connectivity index is 1.63. The number of aryl methyl sites for hydroxylation is 2. The van der Waals surface area contributed by atoms with Gasteiger partial charge in [0, 0.05) is 11.4 Å². The van der Waals surface area contributed by atoms with E-state index in [1.54, 1.807) is 30.3 Å². The van der Waals surface area contributed by atoms with Crippen LogP contribution in [0.1, 0.15) is 38.1 Å². The summed E-state index contributed by atoms with van der Waals surface area (Å²) in [5.74, 6) is -1.32. The second-order valence-electron chi connectivity index (χ2n) is 6.87. The minimum absolute atomic E-state index is 0.241. The average molecular weight is 423 g/mol. The minimum atomic E-state index is -0.984. The molecule has 2 N–H and O–H groups in total. The maximum absolute atomic E-state index is 12.5. The highest BCUT2D eigenvalue weighted by atomic mass is 32.1. The maximum atomic E-state index is 12.5. The molecule has 0 aliphatic rings. The number of anilines is 2. The molecule has 6 nitrogen and oxygen atoms in total. The Hall–Kier alpha value is -3.45. The number of carbonyl (C=O) groups is 3. The van der Waals surface area contributed by atoms with Crippen LogP contribution in [0.4, 0.5) is 11.4 Å². The Morgan fingerprint density at radius 1 is 0.967 bits per heavy atom. The van der Waals surface area contributed by atoms with Gasteiger partial charge in [-0.3, -0.25) is 9.59 Å². The third-order valence-corrected chi connectivity index (χ3v) is 5.27. The lowest BCUT2D eigenvalue weighted by molar-refractivity contribution is -0.123. The van der Waals surface area contributed by atoms with Crippen molar-refractivity contribution in [2.24, 2.45) is 0 Å². The molecule has 2 amide bonds. The highest BCUT2D eigenvalue weighted by Crippen LogP contribution is 2.18. The molecule has 0 saturated heterocycles. The molecule has 3 rings (SSSR count). The van der Waals surface area contributed by atoms with Gasteiger partial charge in [-0.25, -0.2) is 4.79 Å². The fourth-order valence-corrected chi connectivity index (χ4v) is 3.33. The summed E-state index contributed by atoms with van der Waals surface area (Å²) >= 11 is 1.33. The zero-order valence-corrected chi connectivity index (χ0v) is 17.7. The summed E-state index contributed by atoms with van der Waals surface area (Å²) in [6, 6.07) is 15.6. The summed E-state index contributed by atoms with van der Waals surface area (Å²) in [6.45, 7) is 5.34. The van der Waals surface area contributed by atoms with Gasteiger partial charge in [-0.15, -0.1) is 11.3 Å². The van der Waals surface area contributed by atoms with Crippen molar-refractivity contribution < 1.29 is 19.1 Å². The molecule has 0 bridgehead atoms. The number of carbonyl (C=O) groups excluding carboxylic acids is 3. The van der Waals surface area contributed by atoms with Crippen molar-refractivity contribution in [3.05, 3.63) is 81.5 Å². The first-order valence-corrected chi connectivity index (χ1v) is 10.3. The molecule has 0 spiro atoms. The first-order valence-electron chi connectivity index (χ1n) is 9.37. The van der Waals surface area contributed by atoms with Gasteiger partial charge in [0.1, 0.15) is 0 Å². The van der Waals surface area contributed by atoms with E-state index in [9.17, 15) is 14.4 Å². The molecule has 0 aliphatic heterocycles. The van der Waals surface area contributed by atoms with Crippen LogP contribution in [0.25, 0.3) is 0 Å². The van der Waals surface area contributed by atoms with Crippen LogP contribution in [0.15, 0.2) is 60.0 Å². The maximum Gasteiger partial charge on any atom is 0.338 e. The van der Waals surface area contributed by atoms with E-state index in [0.717, 1.165) is 11.1 Å². The summed E-state index contributed by atoms with van der Waals surface area (Å²) in [5.41, 5.74) is 3.32. The summed E-state index contributed by atoms with van der Waals surface area (Å²) in [4.78, 5) is 37.7. The largest absolute Gasteiger partial charge is 0.449 e. The second kappa shape index (κ2) is 9.37. The summed E-state index contributed by atoms with van der Waals surface area (Å²) in [7, 11) is 0. The lowest BCUT2D eigenvalue weighted by Gasteiger charge is -2.15. The zero-order valence-electron chi connectivity index (χ0n) is 16.9. The SMILES string of the molecule is Cc1ccc(C)c(NC(=O)C(C)OC(=O)c2cccc(NC(=O)c3cccs3)c2)c1. The molecule has 30 heavy (non-hydrogen) atoms. The lowest BCUT2D eigenvalue weighted by Crippen LogP contribution is -2.30. The first-order chi connectivity index (χ1) is 14.3. The Morgan fingerprint density at radius 2 is 1.77 bits per heavy atom. The van der Waals surface area contributed by atoms with Crippen LogP contribution in [0.3, 0.4) is 0 Å². The van der Waals surface area contributed by atoms with Gasteiger partial charge < -0.3 is 15.4 Å². The molecule has 1 aromatic heterocycles. The van der Waals surface area contributed by atoms with Gasteiger partial charge >= 0.3 is 5.97 Å². The Bertz CT molecular complexity index is 1080. The average Bonchev–Trinajstić information content (AvgIpc) is 3.26. The molecule has 2 aromatic carbocycles. The van der Waals surface area contributed by atoms with Crippen LogP contribution in [0, 0.1) is 13.8 Å². The van der Waals surface area contributed by atoms with Gasteiger partial charge in [0.2, 0.25) is 0 Å². The highest BCUT2D eigenvalue weighted by molar-refractivity contribution is 7.12. The van der Waals surface area contributed by atoms with Crippen LogP contribution in [0.2, 0.25) is 0 Å². The molecule has 0 saturated carbocycles. The number of hydrogen-bond donors (Lipinski definition) is 2. The van der Waals surface area contributed by atoms with Gasteiger partial charge in [0.25, 0.3) is 11.8 Å². The van der Waals surface area contributed by atoms with E-state index < -0.39 is 18.0 Å². The van der Waals surface area contributed by atoms with Crippen LogP contribution in [-0.2, 0) is 9.53 Å². The number of benzene rings is 2. The van der Waals surface area contributed by atoms with E-state index in [0.29, 0.717) is 16.3 Å². The van der Waals surface area contributed by atoms with Crippen molar-refractivity contribution in [1.82, 2.24) is 0 Å². The molecule has 1 atom stereocenters. The topological polar surface area (TPSA) is 84.5 Å². The number of hydrogen-bond acceptors (Lipinski definition) is 5. The van der Waals surface area contributed by atoms with Crippen LogP contribution >= 0.6 is 11.3 Å². The van der Waals surface area contributed by atoms with Crippen LogP contribution in [-0.4, -0.2) is 23.9 Å². The molecule has 154 valence electrons. The predicted octanol–water partition coefficient (Wildman–Crippen LogP) is 4.80. The molecule has 0 fully saturated rings. The standard InChI is InChI=1S/C23H22N2O4S/c1-14-9-10-15(2)19(12-14)25-21(26)16(3)29-23(28)17-6-4-7-18(13-17)24-22(27)20-8-5-11-30-20/h4-13,16H,1-3H3,(H,24,27)(H,25,26). The third kappa shape index (κ3) is 5.33. The Labute approximate surface area is 178 Å². The number of esters is 1. The molecule has 3 aromatic rings. The molecule has 1 unspecified atom stereocenters. The fraction of sp³-hybridized carbons (Fsp3) is 0.174. The van der Waals surface area contributed by atoms with Gasteiger partial charge in [0.05, 0.1) is 10.4 Å². The van der Waals surface area contributed by atoms with E-state index in [1.165, 1.54) is 24.3 Å². The second-order valence-corrected chi connectivity index (χ2v) is 7.82. The van der Waals surface area contributed by atoms with Gasteiger partial charge in [-0.2, -0.15) is 0 Å². The first kappa shape index (κ1) is 21.3. The smallest absolute Gasteiger partial charge is 0.338 e. The van der Waals surface area contributed by atoms with E-state index in [-0.39, 0.29) is 11.5 Å². The summed E-state index contributed by atoms with van der Waals surface area (Å²) < 4.78 is 5.31. The van der Waals surface area contributed by atoms with Crippen LogP contribution < -0.4 is 10.6 Å². The molecule has 1 heterocycles. The van der Waals surface area contributed by atoms with Gasteiger partial charge in [-0.05, 0) is 67.6 Å². The number of amides is 2. The Morgan fingerprint density at radius 3 is 2.50 bits per heavy atom. The van der Waals surface area contributed by atoms with Crippen molar-refractivity contribution in [2.45, 2.75) is 26.9 Å². The van der Waals surface area contributed by atoms with Crippen molar-refractivity contribution >= 4 is 40.5 Å². The summed E-state index contributed by atoms with van der Waals surface area (Å²) in [5, 5.41) is 7.35. The van der Waals surface area contributed by atoms with Crippen molar-refractivity contribution in [1.29, 1.82) is 0 Å². The van der Waals surface area contributed by atoms with Crippen molar-refractivity contribution in [3.8, 4) is 0 Å². The highest BCUT2D eigenvalue weighted by Gasteiger charge is 2.20. The molecule has 0 aliphatic carbocycles. The van der Waals surface area contributed by atoms with Gasteiger partial charge in [0.15, 0.2) is 6.10 Å². The number of nitrogens with one attached hydrogen (secondary N) is 2. The molecular weight excluding hydrogens is 400 g/mol. The molecular formula is C23H22N2O4S. The van der Waals surface area contributed by atoms with E-state index >= 15 is 0 Å². The number of thiophene rings is 1. The molecule has 7 heteroatoms.